The number of imidazole rings is 1. The fraction of sp³-hybridized carbons (Fsp3) is 0.150. The van der Waals surface area contributed by atoms with E-state index in [9.17, 15) is 14.9 Å². The van der Waals surface area contributed by atoms with Crippen molar-refractivity contribution in [3.8, 4) is 5.69 Å². The van der Waals surface area contributed by atoms with Gasteiger partial charge in [0.2, 0.25) is 0 Å². The number of nitro benzene ring substituents is 1. The second kappa shape index (κ2) is 7.60. The maximum Gasteiger partial charge on any atom is 0.292 e. The van der Waals surface area contributed by atoms with Crippen molar-refractivity contribution in [1.82, 2.24) is 19.3 Å². The molecule has 0 radical (unpaired) electrons. The molecule has 0 N–H and O–H groups in total. The molecule has 0 bridgehead atoms. The van der Waals surface area contributed by atoms with Gasteiger partial charge < -0.3 is 9.47 Å². The normalized spacial score (nSPS) is 11.0. The lowest BCUT2D eigenvalue weighted by Crippen LogP contribution is -2.26. The van der Waals surface area contributed by atoms with Crippen molar-refractivity contribution in [2.24, 2.45) is 7.05 Å². The molecule has 152 valence electrons. The molecule has 4 rings (SSSR count). The van der Waals surface area contributed by atoms with Gasteiger partial charge in [-0.2, -0.15) is 9.78 Å². The van der Waals surface area contributed by atoms with Crippen LogP contribution in [0, 0.1) is 10.1 Å². The highest BCUT2D eigenvalue weighted by molar-refractivity contribution is 6.33. The van der Waals surface area contributed by atoms with Crippen LogP contribution in [0.3, 0.4) is 0 Å². The maximum atomic E-state index is 12.8. The molecule has 0 saturated heterocycles. The fourth-order valence-corrected chi connectivity index (χ4v) is 3.50. The van der Waals surface area contributed by atoms with E-state index < -0.39 is 10.5 Å². The Kier molecular flexibility index (Phi) is 4.96. The number of rotatable bonds is 5. The lowest BCUT2D eigenvalue weighted by Gasteiger charge is -2.20. The molecule has 2 aromatic carbocycles. The Morgan fingerprint density at radius 2 is 1.87 bits per heavy atom. The molecule has 4 aromatic rings. The number of para-hydroxylation sites is 2. The summed E-state index contributed by atoms with van der Waals surface area (Å²) in [4.78, 5) is 29.5. The van der Waals surface area contributed by atoms with Crippen LogP contribution in [0.1, 0.15) is 5.82 Å². The number of aromatic nitrogens is 4. The number of nitro groups is 1. The number of anilines is 1. The summed E-state index contributed by atoms with van der Waals surface area (Å²) in [5.74, 6) is 0.814. The third-order valence-corrected chi connectivity index (χ3v) is 5.23. The molecule has 0 unspecified atom stereocenters. The zero-order valence-electron chi connectivity index (χ0n) is 16.2. The molecule has 0 saturated carbocycles. The van der Waals surface area contributed by atoms with Crippen LogP contribution in [0.5, 0.6) is 0 Å². The standard InChI is InChI=1S/C20H17ClN6O3/c1-24(12-18-23-15-5-3-4-6-16(15)25(18)2)17-11-22-26(20(28)19(17)21)13-7-9-14(10-8-13)27(29)30/h3-11H,12H2,1-2H3. The molecule has 10 heteroatoms. The van der Waals surface area contributed by atoms with Gasteiger partial charge in [-0.3, -0.25) is 14.9 Å². The Morgan fingerprint density at radius 1 is 1.17 bits per heavy atom. The molecule has 9 nitrogen and oxygen atoms in total. The van der Waals surface area contributed by atoms with Gasteiger partial charge >= 0.3 is 0 Å². The molecule has 0 fully saturated rings. The Hall–Kier alpha value is -3.72. The number of benzene rings is 2. The van der Waals surface area contributed by atoms with Gasteiger partial charge in [-0.15, -0.1) is 0 Å². The number of hydrogen-bond acceptors (Lipinski definition) is 6. The Morgan fingerprint density at radius 3 is 2.53 bits per heavy atom. The van der Waals surface area contributed by atoms with Gasteiger partial charge in [-0.05, 0) is 24.3 Å². The van der Waals surface area contributed by atoms with Crippen LogP contribution in [0.2, 0.25) is 5.02 Å². The van der Waals surface area contributed by atoms with Gasteiger partial charge in [0.1, 0.15) is 10.8 Å². The van der Waals surface area contributed by atoms with Crippen molar-refractivity contribution >= 4 is 34.0 Å². The predicted molar refractivity (Wildman–Crippen MR) is 114 cm³/mol. The minimum absolute atomic E-state index is 0.00427. The van der Waals surface area contributed by atoms with E-state index in [0.29, 0.717) is 17.9 Å². The zero-order valence-corrected chi connectivity index (χ0v) is 16.9. The van der Waals surface area contributed by atoms with Crippen molar-refractivity contribution in [3.05, 3.63) is 86.0 Å². The lowest BCUT2D eigenvalue weighted by molar-refractivity contribution is -0.384. The summed E-state index contributed by atoms with van der Waals surface area (Å²) >= 11 is 6.36. The van der Waals surface area contributed by atoms with Gasteiger partial charge in [0.25, 0.3) is 11.2 Å². The first-order chi connectivity index (χ1) is 14.4. The number of hydrogen-bond donors (Lipinski definition) is 0. The summed E-state index contributed by atoms with van der Waals surface area (Å²) in [6.07, 6.45) is 1.49. The van der Waals surface area contributed by atoms with Crippen LogP contribution in [-0.4, -0.2) is 31.3 Å². The summed E-state index contributed by atoms with van der Waals surface area (Å²) in [6.45, 7) is 0.424. The van der Waals surface area contributed by atoms with Crippen molar-refractivity contribution in [2.45, 2.75) is 6.54 Å². The van der Waals surface area contributed by atoms with E-state index in [4.69, 9.17) is 11.6 Å². The van der Waals surface area contributed by atoms with Crippen LogP contribution in [0.25, 0.3) is 16.7 Å². The van der Waals surface area contributed by atoms with Gasteiger partial charge in [-0.25, -0.2) is 4.98 Å². The highest BCUT2D eigenvalue weighted by Crippen LogP contribution is 2.23. The third kappa shape index (κ3) is 3.39. The third-order valence-electron chi connectivity index (χ3n) is 4.88. The summed E-state index contributed by atoms with van der Waals surface area (Å²) in [6, 6.07) is 13.3. The number of fused-ring (bicyclic) bond motifs is 1. The first-order valence-corrected chi connectivity index (χ1v) is 9.38. The predicted octanol–water partition coefficient (Wildman–Crippen LogP) is 3.32. The summed E-state index contributed by atoms with van der Waals surface area (Å²) in [5, 5.41) is 15.0. The summed E-state index contributed by atoms with van der Waals surface area (Å²) < 4.78 is 3.10. The van der Waals surface area contributed by atoms with Crippen LogP contribution in [0.4, 0.5) is 11.4 Å². The van der Waals surface area contributed by atoms with Gasteiger partial charge in [-0.1, -0.05) is 23.7 Å². The molecule has 0 spiro atoms. The molecule has 0 atom stereocenters. The molecular weight excluding hydrogens is 408 g/mol. The SMILES string of the molecule is CN(Cc1nc2ccccc2n1C)c1cnn(-c2ccc([N+](=O)[O-])cc2)c(=O)c1Cl. The molecule has 0 aliphatic carbocycles. The first kappa shape index (κ1) is 19.6. The van der Waals surface area contributed by atoms with Crippen molar-refractivity contribution in [3.63, 3.8) is 0 Å². The molecule has 0 aliphatic heterocycles. The molecule has 2 aromatic heterocycles. The highest BCUT2D eigenvalue weighted by atomic mass is 35.5. The number of aryl methyl sites for hydroxylation is 1. The van der Waals surface area contributed by atoms with Crippen LogP contribution < -0.4 is 10.5 Å². The average molecular weight is 425 g/mol. The van der Waals surface area contributed by atoms with Crippen molar-refractivity contribution in [1.29, 1.82) is 0 Å². The van der Waals surface area contributed by atoms with E-state index in [1.54, 1.807) is 11.9 Å². The van der Waals surface area contributed by atoms with E-state index in [2.05, 4.69) is 10.1 Å². The van der Waals surface area contributed by atoms with Crippen LogP contribution in [-0.2, 0) is 13.6 Å². The smallest absolute Gasteiger partial charge is 0.292 e. The number of nitrogens with zero attached hydrogens (tertiary/aromatic N) is 6. The minimum Gasteiger partial charge on any atom is -0.364 e. The average Bonchev–Trinajstić information content (AvgIpc) is 3.05. The number of halogens is 1. The molecule has 2 heterocycles. The topological polar surface area (TPSA) is 99.1 Å². The zero-order chi connectivity index (χ0) is 21.4. The number of non-ortho nitro benzene ring substituents is 1. The van der Waals surface area contributed by atoms with E-state index in [1.807, 2.05) is 35.9 Å². The van der Waals surface area contributed by atoms with Gasteiger partial charge in [0, 0.05) is 26.2 Å². The quantitative estimate of drug-likeness (QED) is 0.360. The minimum atomic E-state index is -0.514. The summed E-state index contributed by atoms with van der Waals surface area (Å²) in [5.41, 5.74) is 2.17. The molecule has 0 aliphatic rings. The van der Waals surface area contributed by atoms with Crippen LogP contribution in [0.15, 0.2) is 59.5 Å². The van der Waals surface area contributed by atoms with Crippen molar-refractivity contribution < 1.29 is 4.92 Å². The molecule has 30 heavy (non-hydrogen) atoms. The Balaban J connectivity index is 1.64. The van der Waals surface area contributed by atoms with E-state index in [0.717, 1.165) is 21.5 Å². The fourth-order valence-electron chi connectivity index (χ4n) is 3.22. The Bertz CT molecular complexity index is 1310. The van der Waals surface area contributed by atoms with Crippen molar-refractivity contribution in [2.75, 3.05) is 11.9 Å². The monoisotopic (exact) mass is 424 g/mol. The second-order valence-electron chi connectivity index (χ2n) is 6.77. The highest BCUT2D eigenvalue weighted by Gasteiger charge is 2.17. The first-order valence-electron chi connectivity index (χ1n) is 9.01. The maximum absolute atomic E-state index is 12.8. The molecular formula is C20H17ClN6O3. The molecule has 0 amide bonds. The van der Waals surface area contributed by atoms with Crippen LogP contribution >= 0.6 is 11.6 Å². The van der Waals surface area contributed by atoms with E-state index in [-0.39, 0.29) is 10.7 Å². The van der Waals surface area contributed by atoms with E-state index >= 15 is 0 Å². The van der Waals surface area contributed by atoms with Gasteiger partial charge in [0.15, 0.2) is 0 Å². The lowest BCUT2D eigenvalue weighted by atomic mass is 10.3. The second-order valence-corrected chi connectivity index (χ2v) is 7.14. The summed E-state index contributed by atoms with van der Waals surface area (Å²) in [7, 11) is 3.74. The largest absolute Gasteiger partial charge is 0.364 e. The van der Waals surface area contributed by atoms with Gasteiger partial charge in [0.05, 0.1) is 40.1 Å². The Labute approximate surface area is 175 Å². The van der Waals surface area contributed by atoms with E-state index in [1.165, 1.54) is 30.5 Å².